The Hall–Kier alpha value is -1.35. The number of hydrogen-bond acceptors (Lipinski definition) is 2. The summed E-state index contributed by atoms with van der Waals surface area (Å²) in [6.07, 6.45) is 1.40. The molecule has 0 spiro atoms. The van der Waals surface area contributed by atoms with Gasteiger partial charge in [0.2, 0.25) is 0 Å². The van der Waals surface area contributed by atoms with Gasteiger partial charge in [0.25, 0.3) is 0 Å². The van der Waals surface area contributed by atoms with E-state index < -0.39 is 0 Å². The van der Waals surface area contributed by atoms with E-state index in [0.29, 0.717) is 0 Å². The van der Waals surface area contributed by atoms with Gasteiger partial charge in [-0.3, -0.25) is 0 Å². The molecule has 3 nitrogen and oxygen atoms in total. The Kier molecular flexibility index (Phi) is 3.44. The largest absolute Gasteiger partial charge is 0.393 e. The first kappa shape index (κ1) is 13.1. The van der Waals surface area contributed by atoms with Crippen molar-refractivity contribution in [2.45, 2.75) is 39.7 Å². The number of benzene rings is 1. The molecule has 18 heavy (non-hydrogen) atoms. The molecule has 0 radical (unpaired) electrons. The molecular formula is C15H22N2O. The van der Waals surface area contributed by atoms with Gasteiger partial charge in [-0.25, -0.2) is 4.98 Å². The fourth-order valence-electron chi connectivity index (χ4n) is 2.65. The summed E-state index contributed by atoms with van der Waals surface area (Å²) in [6.45, 7) is 6.20. The molecule has 0 fully saturated rings. The van der Waals surface area contributed by atoms with E-state index >= 15 is 0 Å². The summed E-state index contributed by atoms with van der Waals surface area (Å²) in [7, 11) is 2.06. The molecule has 0 bridgehead atoms. The topological polar surface area (TPSA) is 38.1 Å². The van der Waals surface area contributed by atoms with Crippen molar-refractivity contribution in [1.82, 2.24) is 9.55 Å². The number of aliphatic hydroxyl groups is 1. The molecule has 0 amide bonds. The van der Waals surface area contributed by atoms with E-state index in [1.807, 2.05) is 25.1 Å². The summed E-state index contributed by atoms with van der Waals surface area (Å²) < 4.78 is 2.15. The van der Waals surface area contributed by atoms with E-state index in [1.54, 1.807) is 0 Å². The molecule has 1 heterocycles. The second-order valence-electron chi connectivity index (χ2n) is 5.97. The van der Waals surface area contributed by atoms with Crippen LogP contribution in [0.2, 0.25) is 0 Å². The van der Waals surface area contributed by atoms with Crippen LogP contribution >= 0.6 is 0 Å². The molecule has 0 aliphatic carbocycles. The maximum absolute atomic E-state index is 9.55. The molecule has 1 N–H and O–H groups in total. The predicted octanol–water partition coefficient (Wildman–Crippen LogP) is 2.91. The number of imidazole rings is 1. The summed E-state index contributed by atoms with van der Waals surface area (Å²) in [4.78, 5) is 4.69. The van der Waals surface area contributed by atoms with Gasteiger partial charge in [0.1, 0.15) is 5.82 Å². The maximum atomic E-state index is 9.55. The third-order valence-electron chi connectivity index (χ3n) is 3.36. The Balaban J connectivity index is 2.29. The van der Waals surface area contributed by atoms with Crippen molar-refractivity contribution in [1.29, 1.82) is 0 Å². The summed E-state index contributed by atoms with van der Waals surface area (Å²) in [5, 5.41) is 9.55. The van der Waals surface area contributed by atoms with Crippen molar-refractivity contribution < 1.29 is 5.11 Å². The predicted molar refractivity (Wildman–Crippen MR) is 74.5 cm³/mol. The number of rotatable bonds is 4. The lowest BCUT2D eigenvalue weighted by atomic mass is 9.83. The standard InChI is InChI=1S/C15H22N2O/c1-11(18)9-15(2,3)10-14-16-12-7-5-6-8-13(12)17(14)4/h5-8,11,18H,9-10H2,1-4H3. The second-order valence-corrected chi connectivity index (χ2v) is 5.97. The molecule has 3 heteroatoms. The number of fused-ring (bicyclic) bond motifs is 1. The van der Waals surface area contributed by atoms with Crippen LogP contribution in [0.3, 0.4) is 0 Å². The molecular weight excluding hydrogens is 224 g/mol. The van der Waals surface area contributed by atoms with Gasteiger partial charge in [0.15, 0.2) is 0 Å². The normalized spacial score (nSPS) is 14.1. The third kappa shape index (κ3) is 2.72. The quantitative estimate of drug-likeness (QED) is 0.900. The minimum atomic E-state index is -0.269. The summed E-state index contributed by atoms with van der Waals surface area (Å²) in [6, 6.07) is 8.18. The van der Waals surface area contributed by atoms with Crippen LogP contribution in [0.25, 0.3) is 11.0 Å². The number of nitrogens with zero attached hydrogens (tertiary/aromatic N) is 2. The molecule has 0 saturated carbocycles. The smallest absolute Gasteiger partial charge is 0.110 e. The Morgan fingerprint density at radius 3 is 2.61 bits per heavy atom. The average molecular weight is 246 g/mol. The maximum Gasteiger partial charge on any atom is 0.110 e. The van der Waals surface area contributed by atoms with Crippen molar-refractivity contribution in [3.63, 3.8) is 0 Å². The van der Waals surface area contributed by atoms with E-state index in [9.17, 15) is 5.11 Å². The first-order chi connectivity index (χ1) is 8.39. The van der Waals surface area contributed by atoms with Crippen LogP contribution in [0.15, 0.2) is 24.3 Å². The summed E-state index contributed by atoms with van der Waals surface area (Å²) in [5.74, 6) is 1.09. The molecule has 1 aromatic heterocycles. The monoisotopic (exact) mass is 246 g/mol. The van der Waals surface area contributed by atoms with Crippen LogP contribution in [-0.4, -0.2) is 20.8 Å². The van der Waals surface area contributed by atoms with Gasteiger partial charge in [-0.1, -0.05) is 26.0 Å². The number of aliphatic hydroxyl groups excluding tert-OH is 1. The lowest BCUT2D eigenvalue weighted by Gasteiger charge is -2.25. The third-order valence-corrected chi connectivity index (χ3v) is 3.36. The zero-order valence-corrected chi connectivity index (χ0v) is 11.6. The zero-order valence-electron chi connectivity index (χ0n) is 11.6. The van der Waals surface area contributed by atoms with Crippen LogP contribution in [0, 0.1) is 5.41 Å². The Labute approximate surface area is 108 Å². The SMILES string of the molecule is CC(O)CC(C)(C)Cc1nc2ccccc2n1C. The molecule has 1 unspecified atom stereocenters. The minimum Gasteiger partial charge on any atom is -0.393 e. The van der Waals surface area contributed by atoms with Crippen molar-refractivity contribution in [3.05, 3.63) is 30.1 Å². The minimum absolute atomic E-state index is 0.0588. The van der Waals surface area contributed by atoms with Gasteiger partial charge in [0.05, 0.1) is 17.1 Å². The number of aryl methyl sites for hydroxylation is 1. The molecule has 0 saturated heterocycles. The summed E-state index contributed by atoms with van der Waals surface area (Å²) in [5.41, 5.74) is 2.27. The highest BCUT2D eigenvalue weighted by Crippen LogP contribution is 2.28. The Morgan fingerprint density at radius 1 is 1.33 bits per heavy atom. The highest BCUT2D eigenvalue weighted by atomic mass is 16.3. The molecule has 2 rings (SSSR count). The van der Waals surface area contributed by atoms with Crippen molar-refractivity contribution in [2.24, 2.45) is 12.5 Å². The first-order valence-electron chi connectivity index (χ1n) is 6.47. The van der Waals surface area contributed by atoms with E-state index in [4.69, 9.17) is 0 Å². The molecule has 2 aromatic rings. The average Bonchev–Trinajstić information content (AvgIpc) is 2.54. The van der Waals surface area contributed by atoms with Gasteiger partial charge in [-0.15, -0.1) is 0 Å². The van der Waals surface area contributed by atoms with Crippen molar-refractivity contribution in [2.75, 3.05) is 0 Å². The first-order valence-corrected chi connectivity index (χ1v) is 6.47. The number of aromatic nitrogens is 2. The highest BCUT2D eigenvalue weighted by molar-refractivity contribution is 5.75. The number of para-hydroxylation sites is 2. The fraction of sp³-hybridized carbons (Fsp3) is 0.533. The van der Waals surface area contributed by atoms with Crippen LogP contribution in [-0.2, 0) is 13.5 Å². The molecule has 0 aliphatic heterocycles. The lowest BCUT2D eigenvalue weighted by molar-refractivity contribution is 0.128. The van der Waals surface area contributed by atoms with Crippen molar-refractivity contribution >= 4 is 11.0 Å². The van der Waals surface area contributed by atoms with Crippen molar-refractivity contribution in [3.8, 4) is 0 Å². The van der Waals surface area contributed by atoms with Crippen LogP contribution < -0.4 is 0 Å². The van der Waals surface area contributed by atoms with Gasteiger partial charge in [-0.05, 0) is 30.9 Å². The van der Waals surface area contributed by atoms with Gasteiger partial charge >= 0.3 is 0 Å². The van der Waals surface area contributed by atoms with E-state index in [-0.39, 0.29) is 11.5 Å². The van der Waals surface area contributed by atoms with Crippen LogP contribution in [0.5, 0.6) is 0 Å². The lowest BCUT2D eigenvalue weighted by Crippen LogP contribution is -2.22. The molecule has 1 atom stereocenters. The van der Waals surface area contributed by atoms with Crippen LogP contribution in [0.4, 0.5) is 0 Å². The molecule has 0 aliphatic rings. The van der Waals surface area contributed by atoms with E-state index in [0.717, 1.165) is 24.2 Å². The Morgan fingerprint density at radius 2 is 2.00 bits per heavy atom. The summed E-state index contributed by atoms with van der Waals surface area (Å²) >= 11 is 0. The van der Waals surface area contributed by atoms with E-state index in [2.05, 4.69) is 36.5 Å². The Bertz CT molecular complexity index is 540. The van der Waals surface area contributed by atoms with Crippen LogP contribution in [0.1, 0.15) is 33.0 Å². The van der Waals surface area contributed by atoms with Gasteiger partial charge in [0, 0.05) is 13.5 Å². The second kappa shape index (κ2) is 4.73. The number of hydrogen-bond donors (Lipinski definition) is 1. The molecule has 98 valence electrons. The highest BCUT2D eigenvalue weighted by Gasteiger charge is 2.23. The fourth-order valence-corrected chi connectivity index (χ4v) is 2.65. The zero-order chi connectivity index (χ0) is 13.3. The van der Waals surface area contributed by atoms with Gasteiger partial charge in [-0.2, -0.15) is 0 Å². The van der Waals surface area contributed by atoms with Gasteiger partial charge < -0.3 is 9.67 Å². The molecule has 1 aromatic carbocycles. The van der Waals surface area contributed by atoms with E-state index in [1.165, 1.54) is 5.52 Å².